The molecule has 3 rings (SSSR count). The third kappa shape index (κ3) is 2.22. The summed E-state index contributed by atoms with van der Waals surface area (Å²) in [6, 6.07) is 0.524. The van der Waals surface area contributed by atoms with E-state index in [9.17, 15) is 0 Å². The van der Waals surface area contributed by atoms with Gasteiger partial charge in [0.05, 0.1) is 0 Å². The largest absolute Gasteiger partial charge is 0.298 e. The average Bonchev–Trinajstić information content (AvgIpc) is 3.10. The SMILES string of the molecule is CC1CCCCCC1n1c(Cl)nnc1C1CC1. The van der Waals surface area contributed by atoms with E-state index in [0.717, 1.165) is 5.82 Å². The van der Waals surface area contributed by atoms with Gasteiger partial charge in [-0.1, -0.05) is 26.2 Å². The summed E-state index contributed by atoms with van der Waals surface area (Å²) in [6.45, 7) is 2.35. The second-order valence-corrected chi connectivity index (χ2v) is 5.99. The molecule has 3 nitrogen and oxygen atoms in total. The van der Waals surface area contributed by atoms with Gasteiger partial charge in [0.25, 0.3) is 0 Å². The molecule has 94 valence electrons. The standard InChI is InChI=1S/C13H20ClN3/c1-9-5-3-2-4-6-11(9)17-12(10-7-8-10)15-16-13(17)14/h9-11H,2-8H2,1H3. The van der Waals surface area contributed by atoms with Crippen LogP contribution in [0.1, 0.15) is 69.7 Å². The molecule has 0 radical (unpaired) electrons. The second-order valence-electron chi connectivity index (χ2n) is 5.65. The predicted molar refractivity (Wildman–Crippen MR) is 68.3 cm³/mol. The van der Waals surface area contributed by atoms with Gasteiger partial charge in [-0.25, -0.2) is 0 Å². The minimum absolute atomic E-state index is 0.524. The van der Waals surface area contributed by atoms with Crippen LogP contribution in [-0.2, 0) is 0 Å². The van der Waals surface area contributed by atoms with Gasteiger partial charge in [-0.05, 0) is 43.2 Å². The Balaban J connectivity index is 1.92. The van der Waals surface area contributed by atoms with Crippen molar-refractivity contribution in [1.29, 1.82) is 0 Å². The number of hydrogen-bond donors (Lipinski definition) is 0. The Morgan fingerprint density at radius 3 is 2.59 bits per heavy atom. The zero-order valence-electron chi connectivity index (χ0n) is 10.4. The molecule has 2 aliphatic rings. The van der Waals surface area contributed by atoms with Gasteiger partial charge in [0.15, 0.2) is 0 Å². The number of rotatable bonds is 2. The molecular formula is C13H20ClN3. The fourth-order valence-corrected chi connectivity index (χ4v) is 3.32. The third-order valence-electron chi connectivity index (χ3n) is 4.27. The van der Waals surface area contributed by atoms with Crippen molar-refractivity contribution >= 4 is 11.6 Å². The molecule has 2 saturated carbocycles. The van der Waals surface area contributed by atoms with Gasteiger partial charge < -0.3 is 0 Å². The molecule has 0 spiro atoms. The van der Waals surface area contributed by atoms with Crippen LogP contribution >= 0.6 is 11.6 Å². The summed E-state index contributed by atoms with van der Waals surface area (Å²) in [5.74, 6) is 2.47. The van der Waals surface area contributed by atoms with Crippen LogP contribution in [-0.4, -0.2) is 14.8 Å². The van der Waals surface area contributed by atoms with Crippen LogP contribution in [0, 0.1) is 5.92 Å². The Labute approximate surface area is 108 Å². The van der Waals surface area contributed by atoms with Gasteiger partial charge in [-0.15, -0.1) is 10.2 Å². The van der Waals surface area contributed by atoms with Crippen molar-refractivity contribution in [2.45, 2.75) is 63.8 Å². The molecule has 1 aromatic heterocycles. The molecule has 0 amide bonds. The predicted octanol–water partition coefficient (Wildman–Crippen LogP) is 3.95. The molecule has 2 fully saturated rings. The van der Waals surface area contributed by atoms with Gasteiger partial charge in [0, 0.05) is 12.0 Å². The van der Waals surface area contributed by atoms with Gasteiger partial charge in [0.2, 0.25) is 5.28 Å². The van der Waals surface area contributed by atoms with Crippen molar-refractivity contribution in [1.82, 2.24) is 14.8 Å². The Bertz CT molecular complexity index is 397. The molecule has 0 bridgehead atoms. The van der Waals surface area contributed by atoms with Crippen LogP contribution < -0.4 is 0 Å². The topological polar surface area (TPSA) is 30.7 Å². The highest BCUT2D eigenvalue weighted by atomic mass is 35.5. The summed E-state index contributed by atoms with van der Waals surface area (Å²) in [6.07, 6.45) is 9.09. The van der Waals surface area contributed by atoms with Crippen LogP contribution in [0.25, 0.3) is 0 Å². The minimum atomic E-state index is 0.524. The van der Waals surface area contributed by atoms with Gasteiger partial charge in [0.1, 0.15) is 5.82 Å². The second kappa shape index (κ2) is 4.60. The highest BCUT2D eigenvalue weighted by Gasteiger charge is 2.34. The fraction of sp³-hybridized carbons (Fsp3) is 0.846. The average molecular weight is 254 g/mol. The molecule has 0 saturated heterocycles. The first kappa shape index (κ1) is 11.5. The summed E-state index contributed by atoms with van der Waals surface area (Å²) in [5, 5.41) is 9.00. The summed E-state index contributed by atoms with van der Waals surface area (Å²) in [7, 11) is 0. The lowest BCUT2D eigenvalue weighted by Crippen LogP contribution is -2.18. The van der Waals surface area contributed by atoms with E-state index >= 15 is 0 Å². The Kier molecular flexibility index (Phi) is 3.12. The normalized spacial score (nSPS) is 30.2. The summed E-state index contributed by atoms with van der Waals surface area (Å²) >= 11 is 6.26. The fourth-order valence-electron chi connectivity index (χ4n) is 3.07. The van der Waals surface area contributed by atoms with E-state index in [1.807, 2.05) is 0 Å². The molecule has 2 unspecified atom stereocenters. The maximum absolute atomic E-state index is 6.26. The lowest BCUT2D eigenvalue weighted by atomic mass is 9.96. The van der Waals surface area contributed by atoms with Crippen LogP contribution in [0.15, 0.2) is 0 Å². The molecule has 4 heteroatoms. The van der Waals surface area contributed by atoms with Crippen LogP contribution in [0.5, 0.6) is 0 Å². The summed E-state index contributed by atoms with van der Waals surface area (Å²) in [4.78, 5) is 0. The van der Waals surface area contributed by atoms with E-state index in [2.05, 4.69) is 21.7 Å². The number of nitrogens with zero attached hydrogens (tertiary/aromatic N) is 3. The van der Waals surface area contributed by atoms with Gasteiger partial charge in [-0.2, -0.15) is 0 Å². The Hall–Kier alpha value is -0.570. The highest BCUT2D eigenvalue weighted by Crippen LogP contribution is 2.43. The first-order chi connectivity index (χ1) is 8.27. The molecule has 2 atom stereocenters. The molecule has 0 N–H and O–H groups in total. The van der Waals surface area contributed by atoms with Crippen molar-refractivity contribution in [3.63, 3.8) is 0 Å². The van der Waals surface area contributed by atoms with Crippen LogP contribution in [0.4, 0.5) is 0 Å². The van der Waals surface area contributed by atoms with Crippen molar-refractivity contribution < 1.29 is 0 Å². The highest BCUT2D eigenvalue weighted by molar-refractivity contribution is 6.28. The molecule has 0 aromatic carbocycles. The van der Waals surface area contributed by atoms with Crippen molar-refractivity contribution in [3.05, 3.63) is 11.1 Å². The van der Waals surface area contributed by atoms with E-state index in [1.54, 1.807) is 0 Å². The number of aromatic nitrogens is 3. The van der Waals surface area contributed by atoms with Crippen molar-refractivity contribution in [2.75, 3.05) is 0 Å². The smallest absolute Gasteiger partial charge is 0.225 e. The number of hydrogen-bond acceptors (Lipinski definition) is 2. The molecule has 17 heavy (non-hydrogen) atoms. The molecular weight excluding hydrogens is 234 g/mol. The monoisotopic (exact) mass is 253 g/mol. The van der Waals surface area contributed by atoms with E-state index < -0.39 is 0 Å². The third-order valence-corrected chi connectivity index (χ3v) is 4.53. The first-order valence-electron chi connectivity index (χ1n) is 6.87. The van der Waals surface area contributed by atoms with E-state index in [-0.39, 0.29) is 0 Å². The maximum Gasteiger partial charge on any atom is 0.225 e. The van der Waals surface area contributed by atoms with Gasteiger partial charge >= 0.3 is 0 Å². The van der Waals surface area contributed by atoms with Crippen molar-refractivity contribution in [2.24, 2.45) is 5.92 Å². The van der Waals surface area contributed by atoms with E-state index in [1.165, 1.54) is 44.9 Å². The minimum Gasteiger partial charge on any atom is -0.298 e. The summed E-state index contributed by atoms with van der Waals surface area (Å²) in [5.41, 5.74) is 0. The van der Waals surface area contributed by atoms with E-state index in [4.69, 9.17) is 11.6 Å². The van der Waals surface area contributed by atoms with E-state index in [0.29, 0.717) is 23.2 Å². The van der Waals surface area contributed by atoms with Crippen LogP contribution in [0.2, 0.25) is 5.28 Å². The lowest BCUT2D eigenvalue weighted by molar-refractivity contribution is 0.326. The van der Waals surface area contributed by atoms with Crippen LogP contribution in [0.3, 0.4) is 0 Å². The first-order valence-corrected chi connectivity index (χ1v) is 7.25. The zero-order valence-corrected chi connectivity index (χ0v) is 11.2. The van der Waals surface area contributed by atoms with Crippen molar-refractivity contribution in [3.8, 4) is 0 Å². The zero-order chi connectivity index (χ0) is 11.8. The summed E-state index contributed by atoms with van der Waals surface area (Å²) < 4.78 is 2.25. The molecule has 1 heterocycles. The number of halogens is 1. The van der Waals surface area contributed by atoms with Gasteiger partial charge in [-0.3, -0.25) is 4.57 Å². The Morgan fingerprint density at radius 1 is 1.06 bits per heavy atom. The quantitative estimate of drug-likeness (QED) is 0.748. The Morgan fingerprint density at radius 2 is 1.82 bits per heavy atom. The lowest BCUT2D eigenvalue weighted by Gasteiger charge is -2.24. The molecule has 1 aromatic rings. The molecule has 2 aliphatic carbocycles. The molecule has 0 aliphatic heterocycles. The maximum atomic E-state index is 6.26.